The molecule has 0 saturated heterocycles. The van der Waals surface area contributed by atoms with E-state index in [4.69, 9.17) is 5.11 Å². The fourth-order valence-corrected chi connectivity index (χ4v) is 1.26. The smallest absolute Gasteiger partial charge is 0.320 e. The number of hydrogen-bond donors (Lipinski definition) is 1. The minimum Gasteiger partial charge on any atom is -0.480 e. The Morgan fingerprint density at radius 3 is 2.38 bits per heavy atom. The van der Waals surface area contributed by atoms with Crippen molar-refractivity contribution >= 4 is 5.97 Å². The molecule has 0 aliphatic carbocycles. The molecule has 0 fully saturated rings. The van der Waals surface area contributed by atoms with Crippen LogP contribution in [0.15, 0.2) is 18.2 Å². The SMILES string of the molecule is CC(C(=O)O)N(C)Cc1c(F)cccc1F. The average molecular weight is 229 g/mol. The summed E-state index contributed by atoms with van der Waals surface area (Å²) in [5.74, 6) is -2.35. The number of carbonyl (C=O) groups is 1. The second-order valence-corrected chi connectivity index (χ2v) is 3.63. The van der Waals surface area contributed by atoms with Gasteiger partial charge in [-0.3, -0.25) is 9.69 Å². The molecule has 1 aromatic carbocycles. The van der Waals surface area contributed by atoms with Crippen LogP contribution in [-0.2, 0) is 11.3 Å². The number of carboxylic acid groups (broad SMARTS) is 1. The molecule has 1 N–H and O–H groups in total. The van der Waals surface area contributed by atoms with E-state index >= 15 is 0 Å². The molecule has 0 aliphatic heterocycles. The summed E-state index contributed by atoms with van der Waals surface area (Å²) in [7, 11) is 1.50. The van der Waals surface area contributed by atoms with Crippen molar-refractivity contribution in [2.75, 3.05) is 7.05 Å². The molecule has 1 rings (SSSR count). The Morgan fingerprint density at radius 1 is 1.44 bits per heavy atom. The highest BCUT2D eigenvalue weighted by Gasteiger charge is 2.19. The van der Waals surface area contributed by atoms with E-state index in [-0.39, 0.29) is 12.1 Å². The first-order valence-electron chi connectivity index (χ1n) is 4.79. The molecule has 1 unspecified atom stereocenters. The molecule has 0 radical (unpaired) electrons. The Hall–Kier alpha value is -1.49. The number of hydrogen-bond acceptors (Lipinski definition) is 2. The number of benzene rings is 1. The van der Waals surface area contributed by atoms with Crippen LogP contribution in [0.25, 0.3) is 0 Å². The topological polar surface area (TPSA) is 40.5 Å². The molecule has 0 heterocycles. The van der Waals surface area contributed by atoms with Crippen LogP contribution in [-0.4, -0.2) is 29.1 Å². The maximum atomic E-state index is 13.3. The second-order valence-electron chi connectivity index (χ2n) is 3.63. The summed E-state index contributed by atoms with van der Waals surface area (Å²) < 4.78 is 26.5. The van der Waals surface area contributed by atoms with Gasteiger partial charge in [0.25, 0.3) is 0 Å². The van der Waals surface area contributed by atoms with Crippen LogP contribution in [0.3, 0.4) is 0 Å². The standard InChI is InChI=1S/C11H13F2NO2/c1-7(11(15)16)14(2)6-8-9(12)4-3-5-10(8)13/h3-5,7H,6H2,1-2H3,(H,15,16). The monoisotopic (exact) mass is 229 g/mol. The van der Waals surface area contributed by atoms with Gasteiger partial charge in [0.2, 0.25) is 0 Å². The summed E-state index contributed by atoms with van der Waals surface area (Å²) in [6.07, 6.45) is 0. The van der Waals surface area contributed by atoms with Crippen LogP contribution in [0.4, 0.5) is 8.78 Å². The molecule has 1 atom stereocenters. The van der Waals surface area contributed by atoms with E-state index in [1.807, 2.05) is 0 Å². The van der Waals surface area contributed by atoms with Crippen LogP contribution in [0.2, 0.25) is 0 Å². The van der Waals surface area contributed by atoms with Crippen LogP contribution >= 0.6 is 0 Å². The Balaban J connectivity index is 2.84. The van der Waals surface area contributed by atoms with E-state index in [1.165, 1.54) is 24.9 Å². The van der Waals surface area contributed by atoms with Gasteiger partial charge < -0.3 is 5.11 Å². The van der Waals surface area contributed by atoms with Gasteiger partial charge in [0.1, 0.15) is 17.7 Å². The van der Waals surface area contributed by atoms with Gasteiger partial charge in [-0.15, -0.1) is 0 Å². The molecule has 0 spiro atoms. The summed E-state index contributed by atoms with van der Waals surface area (Å²) in [5, 5.41) is 8.74. The molecule has 16 heavy (non-hydrogen) atoms. The summed E-state index contributed by atoms with van der Waals surface area (Å²) in [4.78, 5) is 12.0. The van der Waals surface area contributed by atoms with Gasteiger partial charge in [0, 0.05) is 12.1 Å². The van der Waals surface area contributed by atoms with Crippen molar-refractivity contribution in [3.8, 4) is 0 Å². The van der Waals surface area contributed by atoms with Crippen molar-refractivity contribution in [2.45, 2.75) is 19.5 Å². The molecule has 5 heteroatoms. The largest absolute Gasteiger partial charge is 0.480 e. The van der Waals surface area contributed by atoms with Crippen molar-refractivity contribution in [3.63, 3.8) is 0 Å². The lowest BCUT2D eigenvalue weighted by Crippen LogP contribution is -2.35. The maximum absolute atomic E-state index is 13.3. The first-order valence-corrected chi connectivity index (χ1v) is 4.79. The Morgan fingerprint density at radius 2 is 1.94 bits per heavy atom. The summed E-state index contributed by atoms with van der Waals surface area (Å²) >= 11 is 0. The zero-order valence-electron chi connectivity index (χ0n) is 9.08. The fourth-order valence-electron chi connectivity index (χ4n) is 1.26. The summed E-state index contributed by atoms with van der Waals surface area (Å²) in [6, 6.07) is 2.78. The average Bonchev–Trinajstić information content (AvgIpc) is 2.22. The predicted octanol–water partition coefficient (Wildman–Crippen LogP) is 1.87. The van der Waals surface area contributed by atoms with Gasteiger partial charge in [0.05, 0.1) is 0 Å². The highest BCUT2D eigenvalue weighted by atomic mass is 19.1. The lowest BCUT2D eigenvalue weighted by molar-refractivity contribution is -0.142. The summed E-state index contributed by atoms with van der Waals surface area (Å²) in [6.45, 7) is 1.38. The van der Waals surface area contributed by atoms with Crippen molar-refractivity contribution in [1.82, 2.24) is 4.90 Å². The first-order chi connectivity index (χ1) is 7.43. The molecule has 0 aliphatic rings. The predicted molar refractivity (Wildman–Crippen MR) is 54.9 cm³/mol. The van der Waals surface area contributed by atoms with E-state index < -0.39 is 23.6 Å². The highest BCUT2D eigenvalue weighted by molar-refractivity contribution is 5.72. The van der Waals surface area contributed by atoms with Gasteiger partial charge in [-0.2, -0.15) is 0 Å². The zero-order chi connectivity index (χ0) is 12.3. The molecular formula is C11H13F2NO2. The Kier molecular flexibility index (Phi) is 3.95. The van der Waals surface area contributed by atoms with Crippen LogP contribution in [0.1, 0.15) is 12.5 Å². The number of halogens is 2. The van der Waals surface area contributed by atoms with E-state index in [0.717, 1.165) is 12.1 Å². The van der Waals surface area contributed by atoms with Crippen LogP contribution in [0, 0.1) is 11.6 Å². The maximum Gasteiger partial charge on any atom is 0.320 e. The van der Waals surface area contributed by atoms with Gasteiger partial charge in [-0.1, -0.05) is 6.07 Å². The number of carboxylic acids is 1. The minimum atomic E-state index is -1.03. The van der Waals surface area contributed by atoms with Crippen molar-refractivity contribution < 1.29 is 18.7 Å². The van der Waals surface area contributed by atoms with Crippen LogP contribution < -0.4 is 0 Å². The molecule has 0 bridgehead atoms. The third-order valence-electron chi connectivity index (χ3n) is 2.49. The lowest BCUT2D eigenvalue weighted by atomic mass is 10.1. The van der Waals surface area contributed by atoms with Gasteiger partial charge in [-0.25, -0.2) is 8.78 Å². The molecule has 88 valence electrons. The summed E-state index contributed by atoms with van der Waals surface area (Å²) in [5.41, 5.74) is -0.113. The zero-order valence-corrected chi connectivity index (χ0v) is 9.08. The lowest BCUT2D eigenvalue weighted by Gasteiger charge is -2.21. The van der Waals surface area contributed by atoms with E-state index in [0.29, 0.717) is 0 Å². The third-order valence-corrected chi connectivity index (χ3v) is 2.49. The molecule has 1 aromatic rings. The third kappa shape index (κ3) is 2.76. The number of aliphatic carboxylic acids is 1. The quantitative estimate of drug-likeness (QED) is 0.856. The fraction of sp³-hybridized carbons (Fsp3) is 0.364. The molecule has 3 nitrogen and oxygen atoms in total. The Bertz CT molecular complexity index is 375. The van der Waals surface area contributed by atoms with Crippen molar-refractivity contribution in [3.05, 3.63) is 35.4 Å². The number of likely N-dealkylation sites (N-methyl/N-ethyl adjacent to an activating group) is 1. The van der Waals surface area contributed by atoms with Gasteiger partial charge in [-0.05, 0) is 26.1 Å². The van der Waals surface area contributed by atoms with E-state index in [2.05, 4.69) is 0 Å². The first kappa shape index (κ1) is 12.6. The minimum absolute atomic E-state index is 0.0774. The van der Waals surface area contributed by atoms with Gasteiger partial charge >= 0.3 is 5.97 Å². The van der Waals surface area contributed by atoms with Crippen LogP contribution in [0.5, 0.6) is 0 Å². The molecule has 0 saturated carbocycles. The van der Waals surface area contributed by atoms with Gasteiger partial charge in [0.15, 0.2) is 0 Å². The van der Waals surface area contributed by atoms with Crippen molar-refractivity contribution in [1.29, 1.82) is 0 Å². The molecular weight excluding hydrogens is 216 g/mol. The molecule has 0 amide bonds. The number of rotatable bonds is 4. The second kappa shape index (κ2) is 5.03. The Labute approximate surface area is 92.3 Å². The van der Waals surface area contributed by atoms with Crippen molar-refractivity contribution in [2.24, 2.45) is 0 Å². The van der Waals surface area contributed by atoms with E-state index in [1.54, 1.807) is 0 Å². The highest BCUT2D eigenvalue weighted by Crippen LogP contribution is 2.15. The normalized spacial score (nSPS) is 12.8. The molecule has 0 aromatic heterocycles. The number of nitrogens with zero attached hydrogens (tertiary/aromatic N) is 1. The van der Waals surface area contributed by atoms with E-state index in [9.17, 15) is 13.6 Å².